The van der Waals surface area contributed by atoms with Crippen molar-refractivity contribution in [1.29, 1.82) is 0 Å². The molecule has 1 aromatic heterocycles. The van der Waals surface area contributed by atoms with Crippen molar-refractivity contribution in [3.05, 3.63) is 36.7 Å². The van der Waals surface area contributed by atoms with Crippen LogP contribution < -0.4 is 10.1 Å². The van der Waals surface area contributed by atoms with Gasteiger partial charge in [-0.1, -0.05) is 19.1 Å². The highest BCUT2D eigenvalue weighted by Crippen LogP contribution is 2.26. The van der Waals surface area contributed by atoms with Crippen LogP contribution >= 0.6 is 0 Å². The molecule has 1 N–H and O–H groups in total. The Morgan fingerprint density at radius 1 is 1.35 bits per heavy atom. The predicted octanol–water partition coefficient (Wildman–Crippen LogP) is 3.05. The normalized spacial score (nSPS) is 10.2. The molecule has 0 fully saturated rings. The molecule has 4 heteroatoms. The second-order valence-corrected chi connectivity index (χ2v) is 3.77. The molecule has 0 amide bonds. The summed E-state index contributed by atoms with van der Waals surface area (Å²) in [6.45, 7) is 3.10. The molecule has 1 heterocycles. The third kappa shape index (κ3) is 2.58. The summed E-state index contributed by atoms with van der Waals surface area (Å²) in [5.74, 6) is 1.66. The summed E-state index contributed by atoms with van der Waals surface area (Å²) in [6, 6.07) is 7.82. The van der Waals surface area contributed by atoms with Crippen molar-refractivity contribution < 1.29 is 4.74 Å². The summed E-state index contributed by atoms with van der Waals surface area (Å²) in [5, 5.41) is 3.28. The number of rotatable bonds is 5. The molecular formula is C13H17N3O. The number of methoxy groups -OCH3 is 1. The molecule has 90 valence electrons. The zero-order valence-electron chi connectivity index (χ0n) is 10.2. The number of aromatic nitrogens is 2. The van der Waals surface area contributed by atoms with Crippen molar-refractivity contribution in [2.75, 3.05) is 12.4 Å². The van der Waals surface area contributed by atoms with Crippen molar-refractivity contribution in [3.8, 4) is 5.75 Å². The third-order valence-corrected chi connectivity index (χ3v) is 2.53. The van der Waals surface area contributed by atoms with Crippen molar-refractivity contribution in [1.82, 2.24) is 9.55 Å². The highest BCUT2D eigenvalue weighted by atomic mass is 16.5. The van der Waals surface area contributed by atoms with Crippen molar-refractivity contribution >= 4 is 11.6 Å². The summed E-state index contributed by atoms with van der Waals surface area (Å²) >= 11 is 0. The number of nitrogens with one attached hydrogen (secondary N) is 1. The second-order valence-electron chi connectivity index (χ2n) is 3.77. The molecule has 17 heavy (non-hydrogen) atoms. The van der Waals surface area contributed by atoms with Gasteiger partial charge < -0.3 is 14.6 Å². The number of ether oxygens (including phenoxy) is 1. The Labute approximate surface area is 101 Å². The van der Waals surface area contributed by atoms with Gasteiger partial charge in [-0.15, -0.1) is 0 Å². The molecule has 2 rings (SSSR count). The van der Waals surface area contributed by atoms with Crippen LogP contribution in [0.15, 0.2) is 36.7 Å². The van der Waals surface area contributed by atoms with E-state index in [4.69, 9.17) is 4.74 Å². The molecule has 0 spiro atoms. The minimum atomic E-state index is 0.818. The first-order valence-corrected chi connectivity index (χ1v) is 5.76. The maximum atomic E-state index is 5.29. The minimum Gasteiger partial charge on any atom is -0.495 e. The van der Waals surface area contributed by atoms with Gasteiger partial charge in [0.05, 0.1) is 12.8 Å². The molecule has 0 aliphatic carbocycles. The number of aryl methyl sites for hydroxylation is 1. The Balaban J connectivity index is 2.22. The number of imidazole rings is 1. The molecule has 0 atom stereocenters. The SMILES string of the molecule is CCCn1ccnc1Nc1ccccc1OC. The molecule has 2 aromatic rings. The van der Waals surface area contributed by atoms with E-state index in [-0.39, 0.29) is 0 Å². The maximum Gasteiger partial charge on any atom is 0.207 e. The quantitative estimate of drug-likeness (QED) is 0.859. The van der Waals surface area contributed by atoms with E-state index in [1.807, 2.05) is 30.5 Å². The lowest BCUT2D eigenvalue weighted by atomic mass is 10.3. The van der Waals surface area contributed by atoms with Crippen LogP contribution in [0.2, 0.25) is 0 Å². The Kier molecular flexibility index (Phi) is 3.65. The van der Waals surface area contributed by atoms with Crippen LogP contribution in [0.1, 0.15) is 13.3 Å². The lowest BCUT2D eigenvalue weighted by Gasteiger charge is -2.11. The van der Waals surface area contributed by atoms with Gasteiger partial charge in [0, 0.05) is 18.9 Å². The first-order chi connectivity index (χ1) is 8.35. The van der Waals surface area contributed by atoms with Gasteiger partial charge in [0.25, 0.3) is 0 Å². The van der Waals surface area contributed by atoms with Crippen LogP contribution in [0.3, 0.4) is 0 Å². The van der Waals surface area contributed by atoms with Gasteiger partial charge in [0.2, 0.25) is 5.95 Å². The highest BCUT2D eigenvalue weighted by molar-refractivity contribution is 5.62. The van der Waals surface area contributed by atoms with Gasteiger partial charge in [0.15, 0.2) is 0 Å². The maximum absolute atomic E-state index is 5.29. The van der Waals surface area contributed by atoms with Crippen LogP contribution in [-0.2, 0) is 6.54 Å². The molecular weight excluding hydrogens is 214 g/mol. The van der Waals surface area contributed by atoms with Crippen molar-refractivity contribution in [3.63, 3.8) is 0 Å². The second kappa shape index (κ2) is 5.39. The number of nitrogens with zero attached hydrogens (tertiary/aromatic N) is 2. The number of hydrogen-bond acceptors (Lipinski definition) is 3. The Morgan fingerprint density at radius 2 is 2.18 bits per heavy atom. The number of hydrogen-bond donors (Lipinski definition) is 1. The lowest BCUT2D eigenvalue weighted by Crippen LogP contribution is -2.03. The Bertz CT molecular complexity index is 479. The van der Waals surface area contributed by atoms with Crippen LogP contribution in [0.4, 0.5) is 11.6 Å². The molecule has 0 saturated carbocycles. The molecule has 0 saturated heterocycles. The molecule has 0 aliphatic rings. The predicted molar refractivity (Wildman–Crippen MR) is 68.8 cm³/mol. The van der Waals surface area contributed by atoms with Crippen LogP contribution in [0.5, 0.6) is 5.75 Å². The topological polar surface area (TPSA) is 39.1 Å². The first-order valence-electron chi connectivity index (χ1n) is 5.76. The van der Waals surface area contributed by atoms with Crippen LogP contribution in [0.25, 0.3) is 0 Å². The van der Waals surface area contributed by atoms with E-state index in [2.05, 4.69) is 21.8 Å². The van der Waals surface area contributed by atoms with Crippen molar-refractivity contribution in [2.45, 2.75) is 19.9 Å². The number of anilines is 2. The van der Waals surface area contributed by atoms with Gasteiger partial charge in [0.1, 0.15) is 5.75 Å². The summed E-state index contributed by atoms with van der Waals surface area (Å²) in [4.78, 5) is 4.30. The van der Waals surface area contributed by atoms with E-state index in [1.54, 1.807) is 13.3 Å². The first kappa shape index (κ1) is 11.5. The zero-order valence-corrected chi connectivity index (χ0v) is 10.2. The third-order valence-electron chi connectivity index (χ3n) is 2.53. The smallest absolute Gasteiger partial charge is 0.207 e. The number of para-hydroxylation sites is 2. The average molecular weight is 231 g/mol. The monoisotopic (exact) mass is 231 g/mol. The van der Waals surface area contributed by atoms with E-state index in [9.17, 15) is 0 Å². The van der Waals surface area contributed by atoms with Crippen molar-refractivity contribution in [2.24, 2.45) is 0 Å². The molecule has 0 bridgehead atoms. The highest BCUT2D eigenvalue weighted by Gasteiger charge is 2.05. The van der Waals surface area contributed by atoms with Gasteiger partial charge in [-0.2, -0.15) is 0 Å². The number of benzene rings is 1. The molecule has 0 unspecified atom stereocenters. The minimum absolute atomic E-state index is 0.818. The molecule has 4 nitrogen and oxygen atoms in total. The van der Waals surface area contributed by atoms with Gasteiger partial charge in [-0.05, 0) is 18.6 Å². The lowest BCUT2D eigenvalue weighted by molar-refractivity contribution is 0.416. The summed E-state index contributed by atoms with van der Waals surface area (Å²) in [6.07, 6.45) is 4.85. The largest absolute Gasteiger partial charge is 0.495 e. The van der Waals surface area contributed by atoms with E-state index < -0.39 is 0 Å². The standard InChI is InChI=1S/C13H17N3O/c1-3-9-16-10-8-14-13(16)15-11-6-4-5-7-12(11)17-2/h4-8,10H,3,9H2,1-2H3,(H,14,15). The van der Waals surface area contributed by atoms with E-state index >= 15 is 0 Å². The summed E-state index contributed by atoms with van der Waals surface area (Å²) < 4.78 is 7.38. The zero-order chi connectivity index (χ0) is 12.1. The van der Waals surface area contributed by atoms with E-state index in [1.165, 1.54) is 0 Å². The van der Waals surface area contributed by atoms with Gasteiger partial charge in [-0.3, -0.25) is 0 Å². The molecule has 0 radical (unpaired) electrons. The Morgan fingerprint density at radius 3 is 2.94 bits per heavy atom. The summed E-state index contributed by atoms with van der Waals surface area (Å²) in [7, 11) is 1.67. The fraction of sp³-hybridized carbons (Fsp3) is 0.308. The van der Waals surface area contributed by atoms with Crippen LogP contribution in [-0.4, -0.2) is 16.7 Å². The fourth-order valence-electron chi connectivity index (χ4n) is 1.72. The van der Waals surface area contributed by atoms with Crippen LogP contribution in [0, 0.1) is 0 Å². The van der Waals surface area contributed by atoms with E-state index in [0.717, 1.165) is 30.4 Å². The fourth-order valence-corrected chi connectivity index (χ4v) is 1.72. The van der Waals surface area contributed by atoms with Gasteiger partial charge in [-0.25, -0.2) is 4.98 Å². The average Bonchev–Trinajstić information content (AvgIpc) is 2.78. The summed E-state index contributed by atoms with van der Waals surface area (Å²) in [5.41, 5.74) is 0.929. The van der Waals surface area contributed by atoms with Gasteiger partial charge >= 0.3 is 0 Å². The Hall–Kier alpha value is -1.97. The molecule has 0 aliphatic heterocycles. The molecule has 1 aromatic carbocycles. The van der Waals surface area contributed by atoms with E-state index in [0.29, 0.717) is 0 Å².